The number of rotatable bonds is 7. The first-order chi connectivity index (χ1) is 8.82. The van der Waals surface area contributed by atoms with Crippen LogP contribution in [0, 0.1) is 0 Å². The van der Waals surface area contributed by atoms with E-state index in [1.54, 1.807) is 26.1 Å². The number of anilines is 1. The Bertz CT molecular complexity index is 515. The fraction of sp³-hybridized carbons (Fsp3) is 0.583. The molecule has 0 unspecified atom stereocenters. The normalized spacial score (nSPS) is 12.4. The highest BCUT2D eigenvalue weighted by Gasteiger charge is 2.28. The SMILES string of the molecule is CCNc1ncccc1S(=O)(=O)NC(C)(C)COC. The topological polar surface area (TPSA) is 80.3 Å². The van der Waals surface area contributed by atoms with Crippen LogP contribution < -0.4 is 10.0 Å². The van der Waals surface area contributed by atoms with Crippen LogP contribution in [0.25, 0.3) is 0 Å². The molecule has 0 aromatic carbocycles. The Morgan fingerprint density at radius 2 is 2.11 bits per heavy atom. The van der Waals surface area contributed by atoms with E-state index in [0.29, 0.717) is 12.4 Å². The quantitative estimate of drug-likeness (QED) is 0.788. The van der Waals surface area contributed by atoms with E-state index < -0.39 is 15.6 Å². The largest absolute Gasteiger partial charge is 0.383 e. The van der Waals surface area contributed by atoms with Crippen LogP contribution >= 0.6 is 0 Å². The maximum absolute atomic E-state index is 12.4. The van der Waals surface area contributed by atoms with Crippen molar-refractivity contribution in [2.24, 2.45) is 0 Å². The predicted molar refractivity (Wildman–Crippen MR) is 74.7 cm³/mol. The van der Waals surface area contributed by atoms with Crippen LogP contribution in [0.15, 0.2) is 23.2 Å². The highest BCUT2D eigenvalue weighted by atomic mass is 32.2. The second kappa shape index (κ2) is 6.31. The first kappa shape index (κ1) is 15.9. The van der Waals surface area contributed by atoms with Gasteiger partial charge in [0.25, 0.3) is 0 Å². The van der Waals surface area contributed by atoms with Gasteiger partial charge in [0.05, 0.1) is 12.1 Å². The van der Waals surface area contributed by atoms with Crippen LogP contribution in [0.1, 0.15) is 20.8 Å². The molecule has 0 saturated carbocycles. The summed E-state index contributed by atoms with van der Waals surface area (Å²) in [6.45, 7) is 6.28. The summed E-state index contributed by atoms with van der Waals surface area (Å²) in [7, 11) is -2.12. The molecule has 0 saturated heterocycles. The van der Waals surface area contributed by atoms with Crippen LogP contribution in [-0.2, 0) is 14.8 Å². The fourth-order valence-electron chi connectivity index (χ4n) is 1.72. The summed E-state index contributed by atoms with van der Waals surface area (Å²) >= 11 is 0. The lowest BCUT2D eigenvalue weighted by atomic mass is 10.1. The van der Waals surface area contributed by atoms with Gasteiger partial charge in [0.15, 0.2) is 0 Å². The molecule has 6 nitrogen and oxygen atoms in total. The maximum atomic E-state index is 12.4. The second-order valence-electron chi connectivity index (χ2n) is 4.80. The third-order valence-corrected chi connectivity index (χ3v) is 4.05. The molecule has 2 N–H and O–H groups in total. The number of ether oxygens (including phenoxy) is 1. The number of nitrogens with zero attached hydrogens (tertiary/aromatic N) is 1. The highest BCUT2D eigenvalue weighted by Crippen LogP contribution is 2.19. The predicted octanol–water partition coefficient (Wildman–Crippen LogP) is 1.22. The number of nitrogens with one attached hydrogen (secondary N) is 2. The fourth-order valence-corrected chi connectivity index (χ4v) is 3.25. The van der Waals surface area contributed by atoms with E-state index in [9.17, 15) is 8.42 Å². The van der Waals surface area contributed by atoms with Gasteiger partial charge in [-0.05, 0) is 32.9 Å². The smallest absolute Gasteiger partial charge is 0.244 e. The van der Waals surface area contributed by atoms with Crippen molar-refractivity contribution in [3.8, 4) is 0 Å². The molecule has 0 amide bonds. The monoisotopic (exact) mass is 287 g/mol. The van der Waals surface area contributed by atoms with Crippen molar-refractivity contribution in [3.63, 3.8) is 0 Å². The highest BCUT2D eigenvalue weighted by molar-refractivity contribution is 7.89. The molecule has 1 heterocycles. The number of hydrogen-bond acceptors (Lipinski definition) is 5. The molecule has 0 bridgehead atoms. The van der Waals surface area contributed by atoms with E-state index in [-0.39, 0.29) is 11.5 Å². The Hall–Kier alpha value is -1.18. The number of hydrogen-bond donors (Lipinski definition) is 2. The summed E-state index contributed by atoms with van der Waals surface area (Å²) in [5, 5.41) is 2.94. The average Bonchev–Trinajstić information content (AvgIpc) is 2.28. The third kappa shape index (κ3) is 4.45. The molecule has 19 heavy (non-hydrogen) atoms. The van der Waals surface area contributed by atoms with E-state index in [0.717, 1.165) is 0 Å². The van der Waals surface area contributed by atoms with Crippen LogP contribution in [0.2, 0.25) is 0 Å². The van der Waals surface area contributed by atoms with Crippen LogP contribution in [0.4, 0.5) is 5.82 Å². The molecule has 0 aliphatic rings. The van der Waals surface area contributed by atoms with Crippen molar-refractivity contribution in [2.45, 2.75) is 31.2 Å². The van der Waals surface area contributed by atoms with Crippen molar-refractivity contribution in [2.75, 3.05) is 25.6 Å². The second-order valence-corrected chi connectivity index (χ2v) is 6.45. The molecule has 7 heteroatoms. The van der Waals surface area contributed by atoms with Gasteiger partial charge in [-0.25, -0.2) is 18.1 Å². The summed E-state index contributed by atoms with van der Waals surface area (Å²) in [6.07, 6.45) is 1.55. The van der Waals surface area contributed by atoms with E-state index in [1.165, 1.54) is 13.2 Å². The number of aromatic nitrogens is 1. The minimum Gasteiger partial charge on any atom is -0.383 e. The lowest BCUT2D eigenvalue weighted by Gasteiger charge is -2.25. The summed E-state index contributed by atoms with van der Waals surface area (Å²) in [5.41, 5.74) is -0.688. The Balaban J connectivity index is 3.07. The molecule has 0 fully saturated rings. The van der Waals surface area contributed by atoms with E-state index in [1.807, 2.05) is 6.92 Å². The molecule has 108 valence electrons. The van der Waals surface area contributed by atoms with E-state index in [2.05, 4.69) is 15.0 Å². The first-order valence-electron chi connectivity index (χ1n) is 6.04. The van der Waals surface area contributed by atoms with Crippen LogP contribution in [-0.4, -0.2) is 39.2 Å². The Kier molecular flexibility index (Phi) is 5.28. The first-order valence-corrected chi connectivity index (χ1v) is 7.52. The van der Waals surface area contributed by atoms with Crippen molar-refractivity contribution >= 4 is 15.8 Å². The van der Waals surface area contributed by atoms with Gasteiger partial charge in [0, 0.05) is 19.9 Å². The summed E-state index contributed by atoms with van der Waals surface area (Å²) in [6, 6.07) is 3.12. The minimum atomic E-state index is -3.65. The van der Waals surface area contributed by atoms with E-state index in [4.69, 9.17) is 4.74 Å². The number of sulfonamides is 1. The van der Waals surface area contributed by atoms with Gasteiger partial charge >= 0.3 is 0 Å². The Labute approximate surface area is 114 Å². The molecule has 0 spiro atoms. The van der Waals surface area contributed by atoms with Crippen molar-refractivity contribution in [1.29, 1.82) is 0 Å². The molecule has 1 rings (SSSR count). The van der Waals surface area contributed by atoms with Gasteiger partial charge in [0.2, 0.25) is 10.0 Å². The van der Waals surface area contributed by atoms with Crippen molar-refractivity contribution in [1.82, 2.24) is 9.71 Å². The Morgan fingerprint density at radius 3 is 2.68 bits per heavy atom. The molecular formula is C12H21N3O3S. The van der Waals surface area contributed by atoms with Gasteiger partial charge < -0.3 is 10.1 Å². The van der Waals surface area contributed by atoms with Crippen LogP contribution in [0.3, 0.4) is 0 Å². The summed E-state index contributed by atoms with van der Waals surface area (Å²) in [4.78, 5) is 4.19. The lowest BCUT2D eigenvalue weighted by Crippen LogP contribution is -2.46. The van der Waals surface area contributed by atoms with E-state index >= 15 is 0 Å². The molecule has 0 atom stereocenters. The van der Waals surface area contributed by atoms with Crippen molar-refractivity contribution in [3.05, 3.63) is 18.3 Å². The zero-order valence-electron chi connectivity index (χ0n) is 11.7. The average molecular weight is 287 g/mol. The minimum absolute atomic E-state index is 0.140. The van der Waals surface area contributed by atoms with Gasteiger partial charge in [0.1, 0.15) is 10.7 Å². The Morgan fingerprint density at radius 1 is 1.42 bits per heavy atom. The molecule has 1 aromatic heterocycles. The molecule has 0 aliphatic carbocycles. The van der Waals surface area contributed by atoms with Gasteiger partial charge in [-0.15, -0.1) is 0 Å². The van der Waals surface area contributed by atoms with Gasteiger partial charge in [-0.3, -0.25) is 0 Å². The number of pyridine rings is 1. The molecule has 0 aliphatic heterocycles. The third-order valence-electron chi connectivity index (χ3n) is 2.32. The van der Waals surface area contributed by atoms with Gasteiger partial charge in [-0.2, -0.15) is 0 Å². The zero-order chi connectivity index (χ0) is 14.5. The van der Waals surface area contributed by atoms with Gasteiger partial charge in [-0.1, -0.05) is 0 Å². The zero-order valence-corrected chi connectivity index (χ0v) is 12.5. The van der Waals surface area contributed by atoms with Crippen LogP contribution in [0.5, 0.6) is 0 Å². The standard InChI is InChI=1S/C12H21N3O3S/c1-5-13-11-10(7-6-8-14-11)19(16,17)15-12(2,3)9-18-4/h6-8,15H,5,9H2,1-4H3,(H,13,14). The number of methoxy groups -OCH3 is 1. The lowest BCUT2D eigenvalue weighted by molar-refractivity contribution is 0.141. The molecule has 0 radical (unpaired) electrons. The van der Waals surface area contributed by atoms with Crippen molar-refractivity contribution < 1.29 is 13.2 Å². The molecule has 1 aromatic rings. The summed E-state index contributed by atoms with van der Waals surface area (Å²) < 4.78 is 32.4. The maximum Gasteiger partial charge on any atom is 0.244 e. The molecular weight excluding hydrogens is 266 g/mol. The summed E-state index contributed by atoms with van der Waals surface area (Å²) in [5.74, 6) is 0.353.